The molecule has 2 aromatic rings. The molecule has 104 valence electrons. The number of nitrogens with one attached hydrogen (secondary N) is 1. The van der Waals surface area contributed by atoms with E-state index in [1.165, 1.54) is 12.1 Å². The van der Waals surface area contributed by atoms with Crippen molar-refractivity contribution < 1.29 is 4.39 Å². The zero-order valence-electron chi connectivity index (χ0n) is 10.5. The largest absolute Gasteiger partial charge is 0.389 e. The molecule has 2 rings (SSSR count). The minimum atomic E-state index is -0.389. The number of benzene rings is 2. The Hall–Kier alpha value is -1.17. The van der Waals surface area contributed by atoms with Crippen molar-refractivity contribution in [3.63, 3.8) is 0 Å². The Morgan fingerprint density at radius 2 is 2.00 bits per heavy atom. The summed E-state index contributed by atoms with van der Waals surface area (Å²) in [6, 6.07) is 7.91. The van der Waals surface area contributed by atoms with Gasteiger partial charge in [-0.15, -0.1) is 0 Å². The van der Waals surface area contributed by atoms with Gasteiger partial charge in [0.15, 0.2) is 0 Å². The molecular weight excluding hydrogens is 363 g/mol. The van der Waals surface area contributed by atoms with Crippen LogP contribution in [0.2, 0.25) is 5.02 Å². The van der Waals surface area contributed by atoms with Gasteiger partial charge in [-0.1, -0.05) is 23.8 Å². The second kappa shape index (κ2) is 6.08. The highest BCUT2D eigenvalue weighted by Gasteiger charge is 2.10. The minimum Gasteiger partial charge on any atom is -0.389 e. The van der Waals surface area contributed by atoms with Crippen LogP contribution in [0, 0.1) is 12.7 Å². The maximum absolute atomic E-state index is 13.3. The quantitative estimate of drug-likeness (QED) is 0.749. The molecule has 0 aliphatic carbocycles. The fourth-order valence-electron chi connectivity index (χ4n) is 1.72. The summed E-state index contributed by atoms with van der Waals surface area (Å²) in [4.78, 5) is 0.126. The van der Waals surface area contributed by atoms with E-state index in [9.17, 15) is 4.39 Å². The highest BCUT2D eigenvalue weighted by molar-refractivity contribution is 9.10. The number of halogens is 3. The van der Waals surface area contributed by atoms with Crippen molar-refractivity contribution in [2.24, 2.45) is 5.73 Å². The van der Waals surface area contributed by atoms with Gasteiger partial charge in [-0.2, -0.15) is 0 Å². The van der Waals surface area contributed by atoms with Crippen LogP contribution in [0.5, 0.6) is 0 Å². The Morgan fingerprint density at radius 1 is 1.30 bits per heavy atom. The van der Waals surface area contributed by atoms with Crippen molar-refractivity contribution in [3.8, 4) is 0 Å². The van der Waals surface area contributed by atoms with Crippen molar-refractivity contribution in [2.45, 2.75) is 6.92 Å². The van der Waals surface area contributed by atoms with Crippen LogP contribution in [-0.2, 0) is 0 Å². The highest BCUT2D eigenvalue weighted by atomic mass is 79.9. The maximum atomic E-state index is 13.3. The number of aryl methyl sites for hydroxylation is 1. The van der Waals surface area contributed by atoms with Gasteiger partial charge in [0, 0.05) is 20.7 Å². The molecule has 0 saturated heterocycles. The van der Waals surface area contributed by atoms with E-state index in [-0.39, 0.29) is 10.8 Å². The normalized spacial score (nSPS) is 10.4. The fraction of sp³-hybridized carbons (Fsp3) is 0.0714. The van der Waals surface area contributed by atoms with Crippen molar-refractivity contribution in [1.29, 1.82) is 0 Å². The number of hydrogen-bond donors (Lipinski definition) is 2. The van der Waals surface area contributed by atoms with Crippen LogP contribution < -0.4 is 11.1 Å². The summed E-state index contributed by atoms with van der Waals surface area (Å²) in [7, 11) is 0. The van der Waals surface area contributed by atoms with Gasteiger partial charge in [-0.25, -0.2) is 4.39 Å². The first-order valence-electron chi connectivity index (χ1n) is 5.70. The first kappa shape index (κ1) is 15.2. The molecule has 2 aromatic carbocycles. The standard InChI is InChI=1S/C14H11BrClFN2S/c1-7-4-10(15)13(6-11(7)16)19-12-3-2-8(17)5-9(12)14(18)20/h2-6,19H,1H3,(H2,18,20). The Bertz CT molecular complexity index is 691. The second-order valence-electron chi connectivity index (χ2n) is 4.26. The van der Waals surface area contributed by atoms with Gasteiger partial charge in [0.2, 0.25) is 0 Å². The topological polar surface area (TPSA) is 38.0 Å². The predicted octanol–water partition coefficient (Wildman–Crippen LogP) is 4.93. The summed E-state index contributed by atoms with van der Waals surface area (Å²) in [6.45, 7) is 1.91. The highest BCUT2D eigenvalue weighted by Crippen LogP contribution is 2.32. The van der Waals surface area contributed by atoms with Crippen LogP contribution in [0.25, 0.3) is 0 Å². The molecule has 0 saturated carbocycles. The first-order valence-corrected chi connectivity index (χ1v) is 7.28. The summed E-state index contributed by atoms with van der Waals surface area (Å²) in [6.07, 6.45) is 0. The molecule has 2 nitrogen and oxygen atoms in total. The molecule has 0 amide bonds. The van der Waals surface area contributed by atoms with Crippen LogP contribution in [0.1, 0.15) is 11.1 Å². The third-order valence-electron chi connectivity index (χ3n) is 2.76. The van der Waals surface area contributed by atoms with Crippen molar-refractivity contribution >= 4 is 56.1 Å². The molecule has 6 heteroatoms. The molecule has 0 spiro atoms. The molecule has 0 aromatic heterocycles. The minimum absolute atomic E-state index is 0.126. The summed E-state index contributed by atoms with van der Waals surface area (Å²) in [5.41, 5.74) is 8.40. The van der Waals surface area contributed by atoms with E-state index < -0.39 is 0 Å². The summed E-state index contributed by atoms with van der Waals surface area (Å²) >= 11 is 14.5. The molecule has 0 radical (unpaired) electrons. The van der Waals surface area contributed by atoms with Gasteiger partial charge >= 0.3 is 0 Å². The third kappa shape index (κ3) is 3.29. The average Bonchev–Trinajstić information content (AvgIpc) is 2.37. The second-order valence-corrected chi connectivity index (χ2v) is 5.96. The molecule has 0 aliphatic rings. The number of thiocarbonyl (C=S) groups is 1. The van der Waals surface area contributed by atoms with Gasteiger partial charge < -0.3 is 11.1 Å². The zero-order valence-corrected chi connectivity index (χ0v) is 13.7. The summed E-state index contributed by atoms with van der Waals surface area (Å²) in [5, 5.41) is 3.79. The average molecular weight is 374 g/mol. The van der Waals surface area contributed by atoms with Gasteiger partial charge in [0.05, 0.1) is 5.69 Å². The zero-order chi connectivity index (χ0) is 14.9. The Kier molecular flexibility index (Phi) is 4.62. The van der Waals surface area contributed by atoms with E-state index in [4.69, 9.17) is 29.6 Å². The lowest BCUT2D eigenvalue weighted by Gasteiger charge is -2.14. The lowest BCUT2D eigenvalue weighted by Crippen LogP contribution is -2.12. The first-order chi connectivity index (χ1) is 9.38. The van der Waals surface area contributed by atoms with E-state index in [0.29, 0.717) is 16.3 Å². The lowest BCUT2D eigenvalue weighted by molar-refractivity contribution is 0.628. The van der Waals surface area contributed by atoms with Crippen molar-refractivity contribution in [1.82, 2.24) is 0 Å². The molecule has 3 N–H and O–H groups in total. The van der Waals surface area contributed by atoms with E-state index in [0.717, 1.165) is 15.7 Å². The molecule has 0 aliphatic heterocycles. The molecule has 0 heterocycles. The van der Waals surface area contributed by atoms with Crippen LogP contribution in [-0.4, -0.2) is 4.99 Å². The fourth-order valence-corrected chi connectivity index (χ4v) is 2.61. The van der Waals surface area contributed by atoms with E-state index in [1.54, 1.807) is 12.1 Å². The molecule has 0 unspecified atom stereocenters. The van der Waals surface area contributed by atoms with E-state index >= 15 is 0 Å². The Balaban J connectivity index is 2.45. The van der Waals surface area contributed by atoms with E-state index in [2.05, 4.69) is 21.2 Å². The molecule has 0 atom stereocenters. The predicted molar refractivity (Wildman–Crippen MR) is 89.5 cm³/mol. The summed E-state index contributed by atoms with van der Waals surface area (Å²) in [5.74, 6) is -0.389. The third-order valence-corrected chi connectivity index (χ3v) is 4.05. The molecular formula is C14H11BrClFN2S. The molecule has 0 fully saturated rings. The SMILES string of the molecule is Cc1cc(Br)c(Nc2ccc(F)cc2C(N)=S)cc1Cl. The van der Waals surface area contributed by atoms with Gasteiger partial charge in [0.25, 0.3) is 0 Å². The Labute approximate surface area is 135 Å². The molecule has 0 bridgehead atoms. The van der Waals surface area contributed by atoms with Gasteiger partial charge in [-0.05, 0) is 58.7 Å². The van der Waals surface area contributed by atoms with Gasteiger partial charge in [0.1, 0.15) is 10.8 Å². The molecule has 20 heavy (non-hydrogen) atoms. The van der Waals surface area contributed by atoms with Crippen LogP contribution in [0.15, 0.2) is 34.8 Å². The van der Waals surface area contributed by atoms with Crippen molar-refractivity contribution in [2.75, 3.05) is 5.32 Å². The van der Waals surface area contributed by atoms with Crippen LogP contribution >= 0.6 is 39.7 Å². The maximum Gasteiger partial charge on any atom is 0.124 e. The lowest BCUT2D eigenvalue weighted by atomic mass is 10.1. The number of anilines is 2. The monoisotopic (exact) mass is 372 g/mol. The van der Waals surface area contributed by atoms with Crippen LogP contribution in [0.3, 0.4) is 0 Å². The smallest absolute Gasteiger partial charge is 0.124 e. The summed E-state index contributed by atoms with van der Waals surface area (Å²) < 4.78 is 14.1. The number of hydrogen-bond acceptors (Lipinski definition) is 2. The number of nitrogens with two attached hydrogens (primary N) is 1. The van der Waals surface area contributed by atoms with E-state index in [1.807, 2.05) is 13.0 Å². The number of rotatable bonds is 3. The van der Waals surface area contributed by atoms with Crippen LogP contribution in [0.4, 0.5) is 15.8 Å². The van der Waals surface area contributed by atoms with Crippen molar-refractivity contribution in [3.05, 3.63) is 56.8 Å². The van der Waals surface area contributed by atoms with Gasteiger partial charge in [-0.3, -0.25) is 0 Å². The Morgan fingerprint density at radius 3 is 2.65 bits per heavy atom.